The fourth-order valence-corrected chi connectivity index (χ4v) is 2.44. The first-order valence-corrected chi connectivity index (χ1v) is 8.55. The van der Waals surface area contributed by atoms with Crippen molar-refractivity contribution in [1.82, 2.24) is 5.32 Å². The third-order valence-corrected chi connectivity index (χ3v) is 3.82. The highest BCUT2D eigenvalue weighted by Gasteiger charge is 2.08. The van der Waals surface area contributed by atoms with E-state index in [9.17, 15) is 13.6 Å². The van der Waals surface area contributed by atoms with Crippen molar-refractivity contribution in [2.75, 3.05) is 13.7 Å². The lowest BCUT2D eigenvalue weighted by Gasteiger charge is -2.11. The van der Waals surface area contributed by atoms with E-state index in [2.05, 4.69) is 16.0 Å². The van der Waals surface area contributed by atoms with Gasteiger partial charge in [0, 0.05) is 13.0 Å². The molecule has 0 aliphatic carbocycles. The molecule has 0 saturated carbocycles. The predicted molar refractivity (Wildman–Crippen MR) is 101 cm³/mol. The largest absolute Gasteiger partial charge is 0.493 e. The highest BCUT2D eigenvalue weighted by atomic mass is 19.3. The molecule has 7 heteroatoms. The molecule has 0 bridgehead atoms. The van der Waals surface area contributed by atoms with Gasteiger partial charge in [-0.3, -0.25) is 4.79 Å². The van der Waals surface area contributed by atoms with Crippen LogP contribution in [0.25, 0.3) is 0 Å². The van der Waals surface area contributed by atoms with Crippen molar-refractivity contribution >= 4 is 5.91 Å². The number of hydrogen-bond acceptors (Lipinski definition) is 4. The van der Waals surface area contributed by atoms with Crippen molar-refractivity contribution < 1.29 is 27.8 Å². The summed E-state index contributed by atoms with van der Waals surface area (Å²) in [6.07, 6.45) is 6.00. The van der Waals surface area contributed by atoms with Crippen molar-refractivity contribution in [3.05, 3.63) is 53.6 Å². The number of halogens is 2. The van der Waals surface area contributed by atoms with Crippen molar-refractivity contribution in [1.29, 1.82) is 0 Å². The highest BCUT2D eigenvalue weighted by molar-refractivity contribution is 5.76. The molecule has 0 radical (unpaired) electrons. The molecule has 0 fully saturated rings. The van der Waals surface area contributed by atoms with Crippen LogP contribution < -0.4 is 19.5 Å². The van der Waals surface area contributed by atoms with E-state index in [1.807, 2.05) is 6.07 Å². The zero-order valence-electron chi connectivity index (χ0n) is 15.4. The fourth-order valence-electron chi connectivity index (χ4n) is 2.44. The van der Waals surface area contributed by atoms with Gasteiger partial charge >= 0.3 is 6.61 Å². The Labute approximate surface area is 162 Å². The average molecular weight is 389 g/mol. The SMILES string of the molecule is C#CCOc1ccc(CCC(=O)NCc2ccc(OC(F)F)cc2)cc1OC. The smallest absolute Gasteiger partial charge is 0.387 e. The van der Waals surface area contributed by atoms with Gasteiger partial charge in [0.1, 0.15) is 12.4 Å². The van der Waals surface area contributed by atoms with Crippen molar-refractivity contribution in [2.45, 2.75) is 26.0 Å². The van der Waals surface area contributed by atoms with Crippen molar-refractivity contribution in [2.24, 2.45) is 0 Å². The van der Waals surface area contributed by atoms with E-state index in [0.717, 1.165) is 11.1 Å². The first-order valence-electron chi connectivity index (χ1n) is 8.55. The molecule has 0 aromatic heterocycles. The molecular formula is C21H21F2NO4. The number of carbonyl (C=O) groups is 1. The highest BCUT2D eigenvalue weighted by Crippen LogP contribution is 2.28. The molecule has 0 atom stereocenters. The lowest BCUT2D eigenvalue weighted by atomic mass is 10.1. The van der Waals surface area contributed by atoms with E-state index in [-0.39, 0.29) is 18.3 Å². The molecule has 1 amide bonds. The summed E-state index contributed by atoms with van der Waals surface area (Å²) >= 11 is 0. The third kappa shape index (κ3) is 6.80. The van der Waals surface area contributed by atoms with Gasteiger partial charge in [-0.15, -0.1) is 6.42 Å². The van der Waals surface area contributed by atoms with Gasteiger partial charge in [0.05, 0.1) is 7.11 Å². The van der Waals surface area contributed by atoms with Crippen LogP contribution >= 0.6 is 0 Å². The summed E-state index contributed by atoms with van der Waals surface area (Å²) in [6, 6.07) is 11.5. The van der Waals surface area contributed by atoms with Crippen LogP contribution in [0.5, 0.6) is 17.2 Å². The standard InChI is InChI=1S/C21H21F2NO4/c1-3-12-27-18-10-6-15(13-19(18)26-2)7-11-20(25)24-14-16-4-8-17(9-5-16)28-21(22)23/h1,4-6,8-10,13,21H,7,11-12,14H2,2H3,(H,24,25). The lowest BCUT2D eigenvalue weighted by molar-refractivity contribution is -0.121. The molecule has 28 heavy (non-hydrogen) atoms. The number of aryl methyl sites for hydroxylation is 1. The van der Waals surface area contributed by atoms with Crippen molar-refractivity contribution in [3.8, 4) is 29.6 Å². The Hall–Kier alpha value is -3.27. The second-order valence-electron chi connectivity index (χ2n) is 5.78. The average Bonchev–Trinajstić information content (AvgIpc) is 2.70. The molecule has 0 aliphatic rings. The minimum absolute atomic E-state index is 0.0775. The molecule has 0 spiro atoms. The van der Waals surface area contributed by atoms with E-state index in [1.54, 1.807) is 24.3 Å². The monoisotopic (exact) mass is 389 g/mol. The summed E-state index contributed by atoms with van der Waals surface area (Å²) in [6.45, 7) is -2.41. The van der Waals surface area contributed by atoms with Crippen LogP contribution in [0, 0.1) is 12.3 Å². The van der Waals surface area contributed by atoms with Crippen molar-refractivity contribution in [3.63, 3.8) is 0 Å². The number of hydrogen-bond donors (Lipinski definition) is 1. The van der Waals surface area contributed by atoms with Crippen LogP contribution in [0.3, 0.4) is 0 Å². The zero-order valence-corrected chi connectivity index (χ0v) is 15.4. The number of benzene rings is 2. The molecule has 0 aliphatic heterocycles. The van der Waals surface area contributed by atoms with Gasteiger partial charge in [-0.1, -0.05) is 24.1 Å². The second kappa shape index (κ2) is 10.8. The molecule has 0 unspecified atom stereocenters. The zero-order chi connectivity index (χ0) is 20.4. The summed E-state index contributed by atoms with van der Waals surface area (Å²) in [5.74, 6) is 3.45. The number of terminal acetylenes is 1. The van der Waals surface area contributed by atoms with Gasteiger partial charge in [0.2, 0.25) is 5.91 Å². The molecule has 2 aromatic carbocycles. The molecule has 0 heterocycles. The van der Waals surface area contributed by atoms with Gasteiger partial charge in [-0.05, 0) is 41.8 Å². The van der Waals surface area contributed by atoms with E-state index in [1.165, 1.54) is 19.2 Å². The lowest BCUT2D eigenvalue weighted by Crippen LogP contribution is -2.23. The first kappa shape index (κ1) is 21.0. The number of nitrogens with one attached hydrogen (secondary N) is 1. The quantitative estimate of drug-likeness (QED) is 0.632. The van der Waals surface area contributed by atoms with E-state index >= 15 is 0 Å². The maximum Gasteiger partial charge on any atom is 0.387 e. The van der Waals surface area contributed by atoms with Crippen LogP contribution in [0.15, 0.2) is 42.5 Å². The van der Waals surface area contributed by atoms with E-state index < -0.39 is 6.61 Å². The minimum atomic E-state index is -2.86. The third-order valence-electron chi connectivity index (χ3n) is 3.82. The summed E-state index contributed by atoms with van der Waals surface area (Å²) in [5, 5.41) is 2.79. The molecule has 1 N–H and O–H groups in total. The van der Waals surface area contributed by atoms with Crippen LogP contribution in [-0.4, -0.2) is 26.2 Å². The second-order valence-corrected chi connectivity index (χ2v) is 5.78. The van der Waals surface area contributed by atoms with Crippen LogP contribution in [-0.2, 0) is 17.8 Å². The van der Waals surface area contributed by atoms with Gasteiger partial charge < -0.3 is 19.5 Å². The van der Waals surface area contributed by atoms with Gasteiger partial charge in [-0.2, -0.15) is 8.78 Å². The Bertz CT molecular complexity index is 816. The Balaban J connectivity index is 1.81. The Morgan fingerprint density at radius 2 is 1.86 bits per heavy atom. The Morgan fingerprint density at radius 3 is 2.50 bits per heavy atom. The van der Waals surface area contributed by atoms with Crippen LogP contribution in [0.2, 0.25) is 0 Å². The van der Waals surface area contributed by atoms with Gasteiger partial charge in [0.25, 0.3) is 0 Å². The molecule has 148 valence electrons. The van der Waals surface area contributed by atoms with Gasteiger partial charge in [0.15, 0.2) is 11.5 Å². The van der Waals surface area contributed by atoms with E-state index in [4.69, 9.17) is 15.9 Å². The maximum atomic E-state index is 12.1. The Kier molecular flexibility index (Phi) is 8.10. The summed E-state index contributed by atoms with van der Waals surface area (Å²) in [7, 11) is 1.53. The summed E-state index contributed by atoms with van der Waals surface area (Å²) < 4.78 is 39.2. The van der Waals surface area contributed by atoms with Gasteiger partial charge in [-0.25, -0.2) is 0 Å². The molecular weight excluding hydrogens is 368 g/mol. The molecule has 5 nitrogen and oxygen atoms in total. The number of rotatable bonds is 10. The van der Waals surface area contributed by atoms with Crippen LogP contribution in [0.1, 0.15) is 17.5 Å². The van der Waals surface area contributed by atoms with E-state index in [0.29, 0.717) is 30.9 Å². The topological polar surface area (TPSA) is 56.8 Å². The first-order chi connectivity index (χ1) is 13.5. The minimum Gasteiger partial charge on any atom is -0.493 e. The molecule has 2 aromatic rings. The normalized spacial score (nSPS) is 10.2. The number of ether oxygens (including phenoxy) is 3. The molecule has 0 saturated heterocycles. The fraction of sp³-hybridized carbons (Fsp3) is 0.286. The molecule has 2 rings (SSSR count). The number of carbonyl (C=O) groups excluding carboxylic acids is 1. The Morgan fingerprint density at radius 1 is 1.14 bits per heavy atom. The maximum absolute atomic E-state index is 12.1. The predicted octanol–water partition coefficient (Wildman–Crippen LogP) is 3.56. The summed E-state index contributed by atoms with van der Waals surface area (Å²) in [4.78, 5) is 12.1. The number of alkyl halides is 2. The summed E-state index contributed by atoms with van der Waals surface area (Å²) in [5.41, 5.74) is 1.71. The number of methoxy groups -OCH3 is 1. The van der Waals surface area contributed by atoms with Crippen LogP contribution in [0.4, 0.5) is 8.78 Å². The number of amides is 1.